The predicted molar refractivity (Wildman–Crippen MR) is 126 cm³/mol. The molecule has 4 aromatic rings. The maximum atomic E-state index is 13.2. The van der Waals surface area contributed by atoms with Crippen LogP contribution in [-0.2, 0) is 24.3 Å². The summed E-state index contributed by atoms with van der Waals surface area (Å²) in [7, 11) is 0. The molecule has 0 atom stereocenters. The lowest BCUT2D eigenvalue weighted by molar-refractivity contribution is -0.116. The van der Waals surface area contributed by atoms with Gasteiger partial charge in [-0.1, -0.05) is 46.3 Å². The molecule has 2 aromatic heterocycles. The van der Waals surface area contributed by atoms with Gasteiger partial charge in [-0.05, 0) is 42.7 Å². The third kappa shape index (κ3) is 4.52. The van der Waals surface area contributed by atoms with Crippen molar-refractivity contribution < 1.29 is 4.79 Å². The van der Waals surface area contributed by atoms with E-state index in [9.17, 15) is 14.4 Å². The highest BCUT2D eigenvalue weighted by atomic mass is 79.9. The van der Waals surface area contributed by atoms with Crippen molar-refractivity contribution in [3.05, 3.63) is 97.4 Å². The van der Waals surface area contributed by atoms with Crippen molar-refractivity contribution >= 4 is 38.7 Å². The molecule has 0 saturated carbocycles. The Morgan fingerprint density at radius 3 is 2.53 bits per heavy atom. The molecular weight excluding hydrogens is 474 g/mol. The van der Waals surface area contributed by atoms with Crippen LogP contribution in [0.4, 0.5) is 5.69 Å². The first-order chi connectivity index (χ1) is 15.4. The molecular formula is C23H20BrN5O3. The van der Waals surface area contributed by atoms with E-state index in [0.717, 1.165) is 20.2 Å². The van der Waals surface area contributed by atoms with E-state index < -0.39 is 17.2 Å². The molecule has 2 heterocycles. The third-order valence-electron chi connectivity index (χ3n) is 5.05. The van der Waals surface area contributed by atoms with Gasteiger partial charge in [0.25, 0.3) is 5.56 Å². The topological polar surface area (TPSA) is 98.9 Å². The number of hydrogen-bond acceptors (Lipinski definition) is 5. The quantitative estimate of drug-likeness (QED) is 0.445. The molecule has 9 heteroatoms. The lowest BCUT2D eigenvalue weighted by atomic mass is 10.1. The van der Waals surface area contributed by atoms with Crippen molar-refractivity contribution in [2.45, 2.75) is 26.4 Å². The zero-order chi connectivity index (χ0) is 22.7. The van der Waals surface area contributed by atoms with E-state index in [0.29, 0.717) is 12.1 Å². The summed E-state index contributed by atoms with van der Waals surface area (Å²) >= 11 is 3.43. The summed E-state index contributed by atoms with van der Waals surface area (Å²) in [6, 6.07) is 15.0. The molecule has 162 valence electrons. The zero-order valence-electron chi connectivity index (χ0n) is 17.3. The van der Waals surface area contributed by atoms with E-state index in [1.54, 1.807) is 6.07 Å². The summed E-state index contributed by atoms with van der Waals surface area (Å²) in [6.07, 6.45) is 3.28. The maximum absolute atomic E-state index is 13.2. The van der Waals surface area contributed by atoms with Gasteiger partial charge in [-0.15, -0.1) is 0 Å². The Labute approximate surface area is 191 Å². The van der Waals surface area contributed by atoms with Gasteiger partial charge in [-0.2, -0.15) is 0 Å². The summed E-state index contributed by atoms with van der Waals surface area (Å²) < 4.78 is 3.23. The lowest BCUT2D eigenvalue weighted by Crippen LogP contribution is -2.42. The summed E-state index contributed by atoms with van der Waals surface area (Å²) in [4.78, 5) is 47.1. The van der Waals surface area contributed by atoms with Gasteiger partial charge >= 0.3 is 5.69 Å². The van der Waals surface area contributed by atoms with Crippen molar-refractivity contribution in [3.63, 3.8) is 0 Å². The fourth-order valence-electron chi connectivity index (χ4n) is 3.42. The number of rotatable bonds is 6. The smallest absolute Gasteiger partial charge is 0.325 e. The molecule has 2 aromatic carbocycles. The molecule has 1 N–H and O–H groups in total. The summed E-state index contributed by atoms with van der Waals surface area (Å²) in [5.74, 6) is -0.408. The molecule has 4 rings (SSSR count). The molecule has 0 bridgehead atoms. The van der Waals surface area contributed by atoms with Crippen molar-refractivity contribution in [3.8, 4) is 0 Å². The van der Waals surface area contributed by atoms with Crippen LogP contribution in [0.1, 0.15) is 11.1 Å². The summed E-state index contributed by atoms with van der Waals surface area (Å²) in [6.45, 7) is 1.78. The fraction of sp³-hybridized carbons (Fsp3) is 0.174. The van der Waals surface area contributed by atoms with Crippen LogP contribution in [0.3, 0.4) is 0 Å². The number of halogens is 1. The summed E-state index contributed by atoms with van der Waals surface area (Å²) in [5.41, 5.74) is 1.58. The Morgan fingerprint density at radius 1 is 1.03 bits per heavy atom. The molecule has 0 saturated heterocycles. The fourth-order valence-corrected chi connectivity index (χ4v) is 3.67. The Morgan fingerprint density at radius 2 is 1.78 bits per heavy atom. The Hall–Kier alpha value is -3.59. The van der Waals surface area contributed by atoms with Gasteiger partial charge in [0.15, 0.2) is 11.2 Å². The minimum atomic E-state index is -0.596. The Kier molecular flexibility index (Phi) is 6.27. The highest BCUT2D eigenvalue weighted by Crippen LogP contribution is 2.20. The van der Waals surface area contributed by atoms with Crippen LogP contribution < -0.4 is 16.6 Å². The Bertz CT molecular complexity index is 1410. The number of aryl methyl sites for hydroxylation is 2. The van der Waals surface area contributed by atoms with Crippen LogP contribution in [0.15, 0.2) is 75.0 Å². The molecule has 0 unspecified atom stereocenters. The average molecular weight is 494 g/mol. The average Bonchev–Trinajstić information content (AvgIpc) is 2.80. The van der Waals surface area contributed by atoms with E-state index >= 15 is 0 Å². The van der Waals surface area contributed by atoms with Gasteiger partial charge in [-0.3, -0.25) is 18.7 Å². The van der Waals surface area contributed by atoms with E-state index in [2.05, 4.69) is 31.2 Å². The SMILES string of the molecule is Cc1cc(NC(=O)Cn2c(=O)n(CCc3ccccc3)c(=O)c3nccnc32)ccc1Br. The predicted octanol–water partition coefficient (Wildman–Crippen LogP) is 2.91. The first kappa shape index (κ1) is 21.6. The number of carbonyl (C=O) groups is 1. The number of benzene rings is 2. The van der Waals surface area contributed by atoms with Crippen LogP contribution >= 0.6 is 15.9 Å². The van der Waals surface area contributed by atoms with Gasteiger partial charge < -0.3 is 5.32 Å². The maximum Gasteiger partial charge on any atom is 0.333 e. The second kappa shape index (κ2) is 9.27. The van der Waals surface area contributed by atoms with Crippen molar-refractivity contribution in [2.24, 2.45) is 0 Å². The van der Waals surface area contributed by atoms with Crippen molar-refractivity contribution in [1.29, 1.82) is 0 Å². The summed E-state index contributed by atoms with van der Waals surface area (Å²) in [5, 5.41) is 2.79. The highest BCUT2D eigenvalue weighted by molar-refractivity contribution is 9.10. The number of aromatic nitrogens is 4. The van der Waals surface area contributed by atoms with Gasteiger partial charge in [0.05, 0.1) is 0 Å². The number of carbonyl (C=O) groups excluding carboxylic acids is 1. The van der Waals surface area contributed by atoms with E-state index in [-0.39, 0.29) is 24.3 Å². The van der Waals surface area contributed by atoms with Gasteiger partial charge in [0.1, 0.15) is 6.54 Å². The zero-order valence-corrected chi connectivity index (χ0v) is 18.9. The first-order valence-electron chi connectivity index (χ1n) is 9.98. The highest BCUT2D eigenvalue weighted by Gasteiger charge is 2.17. The molecule has 0 spiro atoms. The molecule has 8 nitrogen and oxygen atoms in total. The molecule has 0 fully saturated rings. The van der Waals surface area contributed by atoms with Crippen molar-refractivity contribution in [1.82, 2.24) is 19.1 Å². The lowest BCUT2D eigenvalue weighted by Gasteiger charge is -2.13. The molecule has 0 aliphatic rings. The number of amides is 1. The van der Waals surface area contributed by atoms with E-state index in [1.165, 1.54) is 17.0 Å². The van der Waals surface area contributed by atoms with Gasteiger partial charge in [0.2, 0.25) is 5.91 Å². The van der Waals surface area contributed by atoms with Crippen LogP contribution in [0.2, 0.25) is 0 Å². The third-order valence-corrected chi connectivity index (χ3v) is 5.94. The minimum Gasteiger partial charge on any atom is -0.325 e. The Balaban J connectivity index is 1.68. The molecule has 1 amide bonds. The first-order valence-corrected chi connectivity index (χ1v) is 10.8. The minimum absolute atomic E-state index is 0.0486. The number of hydrogen-bond donors (Lipinski definition) is 1. The van der Waals surface area contributed by atoms with Gasteiger partial charge in [0, 0.05) is 29.1 Å². The van der Waals surface area contributed by atoms with E-state index in [1.807, 2.05) is 49.4 Å². The second-order valence-electron chi connectivity index (χ2n) is 7.30. The van der Waals surface area contributed by atoms with Gasteiger partial charge in [-0.25, -0.2) is 14.8 Å². The monoisotopic (exact) mass is 493 g/mol. The molecule has 0 aliphatic carbocycles. The number of nitrogens with one attached hydrogen (secondary N) is 1. The molecule has 0 aliphatic heterocycles. The largest absolute Gasteiger partial charge is 0.333 e. The molecule has 0 radical (unpaired) electrons. The number of fused-ring (bicyclic) bond motifs is 1. The second-order valence-corrected chi connectivity index (χ2v) is 8.16. The van der Waals surface area contributed by atoms with Crippen LogP contribution in [0, 0.1) is 6.92 Å². The standard InChI is InChI=1S/C23H20BrN5O3/c1-15-13-17(7-8-18(15)24)27-19(30)14-29-21-20(25-10-11-26-21)22(31)28(23(29)32)12-9-16-5-3-2-4-6-16/h2-8,10-11,13H,9,12,14H2,1H3,(H,27,30). The van der Waals surface area contributed by atoms with E-state index in [4.69, 9.17) is 0 Å². The number of anilines is 1. The van der Waals surface area contributed by atoms with Crippen LogP contribution in [0.25, 0.3) is 11.2 Å². The normalized spacial score (nSPS) is 10.9. The van der Waals surface area contributed by atoms with Crippen molar-refractivity contribution in [2.75, 3.05) is 5.32 Å². The van der Waals surface area contributed by atoms with Crippen LogP contribution in [0.5, 0.6) is 0 Å². The molecule has 32 heavy (non-hydrogen) atoms. The number of nitrogens with zero attached hydrogens (tertiary/aromatic N) is 4. The van der Waals surface area contributed by atoms with Crippen LogP contribution in [-0.4, -0.2) is 25.0 Å².